The monoisotopic (exact) mass is 417 g/mol. The molecule has 28 heavy (non-hydrogen) atoms. The van der Waals surface area contributed by atoms with E-state index in [9.17, 15) is 8.42 Å². The zero-order valence-electron chi connectivity index (χ0n) is 16.3. The van der Waals surface area contributed by atoms with E-state index in [0.717, 1.165) is 34.0 Å². The molecule has 0 unspecified atom stereocenters. The van der Waals surface area contributed by atoms with E-state index in [0.29, 0.717) is 0 Å². The lowest BCUT2D eigenvalue weighted by molar-refractivity contribution is 0.415. The van der Waals surface area contributed by atoms with Crippen LogP contribution in [0.4, 0.5) is 5.69 Å². The molecule has 8 heteroatoms. The minimum absolute atomic E-state index is 0.280. The average Bonchev–Trinajstić information content (AvgIpc) is 3.11. The third kappa shape index (κ3) is 4.04. The summed E-state index contributed by atoms with van der Waals surface area (Å²) in [5.41, 5.74) is 2.81. The first-order valence-electron chi connectivity index (χ1n) is 8.77. The van der Waals surface area contributed by atoms with Gasteiger partial charge in [-0.25, -0.2) is 17.7 Å². The minimum Gasteiger partial charge on any atom is -0.497 e. The Hall–Kier alpha value is -2.42. The summed E-state index contributed by atoms with van der Waals surface area (Å²) in [5, 5.41) is 2.04. The van der Waals surface area contributed by atoms with Gasteiger partial charge in [-0.15, -0.1) is 11.3 Å². The molecule has 1 heterocycles. The predicted octanol–water partition coefficient (Wildman–Crippen LogP) is 3.73. The molecule has 0 N–H and O–H groups in total. The molecule has 0 aliphatic carbocycles. The van der Waals surface area contributed by atoms with E-state index in [1.807, 2.05) is 41.8 Å². The highest BCUT2D eigenvalue weighted by molar-refractivity contribution is 7.89. The molecule has 3 aromatic rings. The van der Waals surface area contributed by atoms with Crippen LogP contribution in [-0.2, 0) is 16.6 Å². The van der Waals surface area contributed by atoms with Gasteiger partial charge in [0.05, 0.1) is 23.4 Å². The van der Waals surface area contributed by atoms with Crippen molar-refractivity contribution in [2.24, 2.45) is 4.99 Å². The molecule has 0 saturated carbocycles. The fourth-order valence-corrected chi connectivity index (χ4v) is 4.63. The van der Waals surface area contributed by atoms with Gasteiger partial charge in [0.15, 0.2) is 4.80 Å². The summed E-state index contributed by atoms with van der Waals surface area (Å²) in [6, 6.07) is 14.5. The average molecular weight is 418 g/mol. The minimum atomic E-state index is -3.43. The van der Waals surface area contributed by atoms with E-state index in [2.05, 4.69) is 11.5 Å². The molecule has 0 aliphatic rings. The molecule has 0 spiro atoms. The molecule has 0 amide bonds. The Morgan fingerprint density at radius 3 is 2.25 bits per heavy atom. The van der Waals surface area contributed by atoms with Crippen LogP contribution in [0.1, 0.15) is 6.92 Å². The Morgan fingerprint density at radius 2 is 1.71 bits per heavy atom. The summed E-state index contributed by atoms with van der Waals surface area (Å²) < 4.78 is 33.0. The number of aromatic nitrogens is 1. The third-order valence-electron chi connectivity index (χ3n) is 4.34. The van der Waals surface area contributed by atoms with E-state index >= 15 is 0 Å². The van der Waals surface area contributed by atoms with Crippen LogP contribution in [0, 0.1) is 0 Å². The van der Waals surface area contributed by atoms with Crippen molar-refractivity contribution in [3.63, 3.8) is 0 Å². The van der Waals surface area contributed by atoms with Crippen molar-refractivity contribution in [2.45, 2.75) is 18.4 Å². The van der Waals surface area contributed by atoms with Crippen LogP contribution in [0.25, 0.3) is 11.3 Å². The van der Waals surface area contributed by atoms with Crippen LogP contribution in [0.15, 0.2) is 63.8 Å². The molecule has 0 atom stereocenters. The number of sulfonamides is 1. The molecular formula is C20H23N3O3S2. The Labute approximate surface area is 169 Å². The van der Waals surface area contributed by atoms with E-state index in [-0.39, 0.29) is 4.90 Å². The maximum Gasteiger partial charge on any atom is 0.242 e. The van der Waals surface area contributed by atoms with Gasteiger partial charge in [-0.05, 0) is 48.9 Å². The lowest BCUT2D eigenvalue weighted by atomic mass is 10.2. The maximum atomic E-state index is 12.3. The Morgan fingerprint density at radius 1 is 1.07 bits per heavy atom. The number of ether oxygens (including phenoxy) is 1. The van der Waals surface area contributed by atoms with Gasteiger partial charge in [0.25, 0.3) is 0 Å². The fourth-order valence-electron chi connectivity index (χ4n) is 2.73. The first kappa shape index (κ1) is 20.3. The van der Waals surface area contributed by atoms with Crippen LogP contribution in [0.2, 0.25) is 0 Å². The summed E-state index contributed by atoms with van der Waals surface area (Å²) in [5.74, 6) is 0.793. The fraction of sp³-hybridized carbons (Fsp3) is 0.250. The largest absolute Gasteiger partial charge is 0.497 e. The zero-order valence-corrected chi connectivity index (χ0v) is 17.9. The molecule has 0 radical (unpaired) electrons. The Bertz CT molecular complexity index is 1110. The van der Waals surface area contributed by atoms with Gasteiger partial charge in [0.1, 0.15) is 5.75 Å². The molecule has 0 aliphatic heterocycles. The summed E-state index contributed by atoms with van der Waals surface area (Å²) in [7, 11) is 1.26. The summed E-state index contributed by atoms with van der Waals surface area (Å²) in [6.07, 6.45) is 0. The maximum absolute atomic E-state index is 12.3. The summed E-state index contributed by atoms with van der Waals surface area (Å²) in [4.78, 5) is 5.90. The van der Waals surface area contributed by atoms with Crippen molar-refractivity contribution < 1.29 is 13.2 Å². The molecule has 0 fully saturated rings. The highest BCUT2D eigenvalue weighted by Crippen LogP contribution is 2.24. The predicted molar refractivity (Wildman–Crippen MR) is 113 cm³/mol. The van der Waals surface area contributed by atoms with Gasteiger partial charge in [-0.2, -0.15) is 0 Å². The number of benzene rings is 2. The first-order valence-corrected chi connectivity index (χ1v) is 11.1. The SMILES string of the molecule is CCn1c(-c2ccc(S(=O)(=O)N(C)C)cc2)csc1=Nc1ccc(OC)cc1. The van der Waals surface area contributed by atoms with Gasteiger partial charge in [-0.1, -0.05) is 12.1 Å². The molecular weight excluding hydrogens is 394 g/mol. The van der Waals surface area contributed by atoms with E-state index in [1.165, 1.54) is 18.4 Å². The molecule has 148 valence electrons. The van der Waals surface area contributed by atoms with Gasteiger partial charge < -0.3 is 9.30 Å². The van der Waals surface area contributed by atoms with Crippen molar-refractivity contribution >= 4 is 27.0 Å². The lowest BCUT2D eigenvalue weighted by Gasteiger charge is -2.12. The van der Waals surface area contributed by atoms with E-state index < -0.39 is 10.0 Å². The number of hydrogen-bond acceptors (Lipinski definition) is 5. The number of methoxy groups -OCH3 is 1. The van der Waals surface area contributed by atoms with Crippen molar-refractivity contribution in [3.05, 3.63) is 58.7 Å². The highest BCUT2D eigenvalue weighted by atomic mass is 32.2. The van der Waals surface area contributed by atoms with Gasteiger partial charge >= 0.3 is 0 Å². The number of nitrogens with zero attached hydrogens (tertiary/aromatic N) is 3. The zero-order chi connectivity index (χ0) is 20.3. The smallest absolute Gasteiger partial charge is 0.242 e. The lowest BCUT2D eigenvalue weighted by Crippen LogP contribution is -2.22. The van der Waals surface area contributed by atoms with E-state index in [4.69, 9.17) is 9.73 Å². The van der Waals surface area contributed by atoms with Crippen LogP contribution in [0.5, 0.6) is 5.75 Å². The number of thiazole rings is 1. The highest BCUT2D eigenvalue weighted by Gasteiger charge is 2.17. The van der Waals surface area contributed by atoms with Gasteiger partial charge in [-0.3, -0.25) is 0 Å². The van der Waals surface area contributed by atoms with Crippen molar-refractivity contribution in [1.82, 2.24) is 8.87 Å². The van der Waals surface area contributed by atoms with Crippen LogP contribution < -0.4 is 9.54 Å². The van der Waals surface area contributed by atoms with Crippen molar-refractivity contribution in [1.29, 1.82) is 0 Å². The second kappa shape index (κ2) is 8.30. The molecule has 0 bridgehead atoms. The summed E-state index contributed by atoms with van der Waals surface area (Å²) >= 11 is 1.55. The molecule has 2 aromatic carbocycles. The number of hydrogen-bond donors (Lipinski definition) is 0. The topological polar surface area (TPSA) is 63.9 Å². The van der Waals surface area contributed by atoms with Crippen molar-refractivity contribution in [3.8, 4) is 17.0 Å². The van der Waals surface area contributed by atoms with E-state index in [1.54, 1.807) is 30.6 Å². The van der Waals surface area contributed by atoms with Gasteiger partial charge in [0, 0.05) is 26.0 Å². The van der Waals surface area contributed by atoms with Crippen LogP contribution >= 0.6 is 11.3 Å². The molecule has 1 aromatic heterocycles. The second-order valence-electron chi connectivity index (χ2n) is 6.27. The molecule has 3 rings (SSSR count). The van der Waals surface area contributed by atoms with Crippen molar-refractivity contribution in [2.75, 3.05) is 21.2 Å². The van der Waals surface area contributed by atoms with Crippen LogP contribution in [-0.4, -0.2) is 38.5 Å². The number of rotatable bonds is 6. The molecule has 0 saturated heterocycles. The second-order valence-corrected chi connectivity index (χ2v) is 9.26. The Balaban J connectivity index is 1.99. The molecule has 6 nitrogen and oxygen atoms in total. The van der Waals surface area contributed by atoms with Crippen LogP contribution in [0.3, 0.4) is 0 Å². The Kier molecular flexibility index (Phi) is 6.02. The third-order valence-corrected chi connectivity index (χ3v) is 7.03. The quantitative estimate of drug-likeness (QED) is 0.614. The normalized spacial score (nSPS) is 12.5. The summed E-state index contributed by atoms with van der Waals surface area (Å²) in [6.45, 7) is 2.82. The van der Waals surface area contributed by atoms with Gasteiger partial charge in [0.2, 0.25) is 10.0 Å². The first-order chi connectivity index (χ1) is 13.4. The standard InChI is InChI=1S/C20H23N3O3S2/c1-5-23-19(15-6-12-18(13-7-15)28(24,25)22(2)3)14-27-20(23)21-16-8-10-17(26-4)11-9-16/h6-14H,5H2,1-4H3.